The van der Waals surface area contributed by atoms with E-state index in [0.29, 0.717) is 19.4 Å². The molecule has 0 bridgehead atoms. The van der Waals surface area contributed by atoms with Gasteiger partial charge in [-0.1, -0.05) is 27.2 Å². The predicted octanol–water partition coefficient (Wildman–Crippen LogP) is 2.98. The summed E-state index contributed by atoms with van der Waals surface area (Å²) in [5, 5.41) is 0. The van der Waals surface area contributed by atoms with Gasteiger partial charge in [0.25, 0.3) is 0 Å². The standard InChI is InChI=1S/C16H29NO3S/c1-16(2,3)10-12-21(19,20)17-11-6-8-14(17)13-7-4-5-9-15(13)18/h13-14H,4-12H2,1-3H3. The van der Waals surface area contributed by atoms with E-state index in [1.54, 1.807) is 4.31 Å². The van der Waals surface area contributed by atoms with Crippen molar-refractivity contribution in [2.24, 2.45) is 11.3 Å². The largest absolute Gasteiger partial charge is 0.299 e. The highest BCUT2D eigenvalue weighted by atomic mass is 32.2. The van der Waals surface area contributed by atoms with Gasteiger partial charge in [0, 0.05) is 24.9 Å². The molecule has 1 heterocycles. The molecule has 0 amide bonds. The van der Waals surface area contributed by atoms with Crippen molar-refractivity contribution in [3.05, 3.63) is 0 Å². The molecule has 1 saturated carbocycles. The number of rotatable bonds is 4. The Balaban J connectivity index is 2.08. The van der Waals surface area contributed by atoms with E-state index in [9.17, 15) is 13.2 Å². The van der Waals surface area contributed by atoms with Gasteiger partial charge < -0.3 is 0 Å². The summed E-state index contributed by atoms with van der Waals surface area (Å²) < 4.78 is 27.0. The lowest BCUT2D eigenvalue weighted by Crippen LogP contribution is -2.44. The van der Waals surface area contributed by atoms with Crippen LogP contribution in [0, 0.1) is 11.3 Å². The first-order valence-corrected chi connectivity index (χ1v) is 9.84. The summed E-state index contributed by atoms with van der Waals surface area (Å²) in [6.45, 7) is 6.79. The average Bonchev–Trinajstić information content (AvgIpc) is 2.86. The van der Waals surface area contributed by atoms with Crippen molar-refractivity contribution in [2.45, 2.75) is 71.8 Å². The van der Waals surface area contributed by atoms with Gasteiger partial charge in [-0.15, -0.1) is 0 Å². The Hall–Kier alpha value is -0.420. The van der Waals surface area contributed by atoms with Crippen LogP contribution in [0.4, 0.5) is 0 Å². The molecule has 0 radical (unpaired) electrons. The normalized spacial score (nSPS) is 29.0. The molecule has 2 fully saturated rings. The second-order valence-electron chi connectivity index (χ2n) is 7.77. The third-order valence-corrected chi connectivity index (χ3v) is 6.67. The molecule has 1 aliphatic carbocycles. The van der Waals surface area contributed by atoms with Crippen LogP contribution in [0.3, 0.4) is 0 Å². The smallest absolute Gasteiger partial charge is 0.214 e. The first-order chi connectivity index (χ1) is 9.71. The molecular weight excluding hydrogens is 286 g/mol. The van der Waals surface area contributed by atoms with Crippen LogP contribution in [0.5, 0.6) is 0 Å². The summed E-state index contributed by atoms with van der Waals surface area (Å²) in [6, 6.07) is -0.0669. The lowest BCUT2D eigenvalue weighted by Gasteiger charge is -2.33. The summed E-state index contributed by atoms with van der Waals surface area (Å²) in [5.74, 6) is 0.434. The van der Waals surface area contributed by atoms with Crippen molar-refractivity contribution in [2.75, 3.05) is 12.3 Å². The molecule has 0 aromatic carbocycles. The van der Waals surface area contributed by atoms with Gasteiger partial charge in [-0.2, -0.15) is 4.31 Å². The van der Waals surface area contributed by atoms with E-state index in [4.69, 9.17) is 0 Å². The molecule has 0 spiro atoms. The fourth-order valence-corrected chi connectivity index (χ4v) is 5.66. The molecule has 1 saturated heterocycles. The fourth-order valence-electron chi connectivity index (χ4n) is 3.48. The number of hydrogen-bond acceptors (Lipinski definition) is 3. The van der Waals surface area contributed by atoms with Crippen LogP contribution in [0.25, 0.3) is 0 Å². The van der Waals surface area contributed by atoms with Crippen LogP contribution in [0.1, 0.15) is 65.7 Å². The number of ketones is 1. The monoisotopic (exact) mass is 315 g/mol. The molecule has 122 valence electrons. The minimum absolute atomic E-state index is 0.0168. The fraction of sp³-hybridized carbons (Fsp3) is 0.938. The number of Topliss-reactive ketones (excluding diaryl/α,β-unsaturated/α-hetero) is 1. The van der Waals surface area contributed by atoms with Crippen molar-refractivity contribution in [3.63, 3.8) is 0 Å². The lowest BCUT2D eigenvalue weighted by molar-refractivity contribution is -0.126. The highest BCUT2D eigenvalue weighted by molar-refractivity contribution is 7.89. The van der Waals surface area contributed by atoms with E-state index in [2.05, 4.69) is 20.8 Å². The molecule has 4 nitrogen and oxygen atoms in total. The second-order valence-corrected chi connectivity index (χ2v) is 9.81. The van der Waals surface area contributed by atoms with E-state index in [0.717, 1.165) is 32.1 Å². The van der Waals surface area contributed by atoms with Gasteiger partial charge in [-0.3, -0.25) is 4.79 Å². The first kappa shape index (κ1) is 16.9. The molecule has 2 atom stereocenters. The Morgan fingerprint density at radius 3 is 2.48 bits per heavy atom. The number of carbonyl (C=O) groups excluding carboxylic acids is 1. The zero-order valence-electron chi connectivity index (χ0n) is 13.6. The van der Waals surface area contributed by atoms with Gasteiger partial charge in [-0.25, -0.2) is 8.42 Å². The third kappa shape index (κ3) is 4.28. The van der Waals surface area contributed by atoms with E-state index in [-0.39, 0.29) is 28.9 Å². The molecule has 1 aliphatic heterocycles. The predicted molar refractivity (Wildman–Crippen MR) is 84.6 cm³/mol. The molecule has 0 N–H and O–H groups in total. The highest BCUT2D eigenvalue weighted by Crippen LogP contribution is 2.34. The zero-order valence-corrected chi connectivity index (χ0v) is 14.4. The van der Waals surface area contributed by atoms with E-state index in [1.165, 1.54) is 0 Å². The molecule has 21 heavy (non-hydrogen) atoms. The first-order valence-electron chi connectivity index (χ1n) is 8.23. The second kappa shape index (κ2) is 6.37. The van der Waals surface area contributed by atoms with Gasteiger partial charge >= 0.3 is 0 Å². The van der Waals surface area contributed by atoms with E-state index >= 15 is 0 Å². The third-order valence-electron chi connectivity index (χ3n) is 4.78. The Morgan fingerprint density at radius 1 is 1.14 bits per heavy atom. The zero-order chi connectivity index (χ0) is 15.7. The van der Waals surface area contributed by atoms with E-state index in [1.807, 2.05) is 0 Å². The average molecular weight is 315 g/mol. The minimum Gasteiger partial charge on any atom is -0.299 e. The van der Waals surface area contributed by atoms with Crippen molar-refractivity contribution >= 4 is 15.8 Å². The maximum atomic E-state index is 12.7. The SMILES string of the molecule is CC(C)(C)CCS(=O)(=O)N1CCCC1C1CCCCC1=O. The summed E-state index contributed by atoms with van der Waals surface area (Å²) in [7, 11) is -3.23. The van der Waals surface area contributed by atoms with Crippen molar-refractivity contribution in [1.29, 1.82) is 0 Å². The number of sulfonamides is 1. The maximum absolute atomic E-state index is 12.7. The van der Waals surface area contributed by atoms with Gasteiger partial charge in [0.2, 0.25) is 10.0 Å². The van der Waals surface area contributed by atoms with Crippen LogP contribution < -0.4 is 0 Å². The summed E-state index contributed by atoms with van der Waals surface area (Å²) in [5.41, 5.74) is 0.0168. The Morgan fingerprint density at radius 2 is 1.86 bits per heavy atom. The lowest BCUT2D eigenvalue weighted by atomic mass is 9.82. The Bertz CT molecular complexity index is 478. The summed E-state index contributed by atoms with van der Waals surface area (Å²) in [6.07, 6.45) is 5.94. The molecule has 2 rings (SSSR count). The van der Waals surface area contributed by atoms with Crippen LogP contribution in [-0.4, -0.2) is 36.8 Å². The molecule has 2 aliphatic rings. The molecular formula is C16H29NO3S. The number of carbonyl (C=O) groups is 1. The summed E-state index contributed by atoms with van der Waals surface area (Å²) in [4.78, 5) is 12.1. The Kier molecular flexibility index (Phi) is 5.14. The summed E-state index contributed by atoms with van der Waals surface area (Å²) >= 11 is 0. The van der Waals surface area contributed by atoms with Gasteiger partial charge in [0.05, 0.1) is 5.75 Å². The van der Waals surface area contributed by atoms with Crippen molar-refractivity contribution in [3.8, 4) is 0 Å². The molecule has 0 aromatic rings. The van der Waals surface area contributed by atoms with E-state index < -0.39 is 10.0 Å². The van der Waals surface area contributed by atoms with Crippen LogP contribution in [0.15, 0.2) is 0 Å². The highest BCUT2D eigenvalue weighted by Gasteiger charge is 2.41. The molecule has 0 aromatic heterocycles. The van der Waals surface area contributed by atoms with Gasteiger partial charge in [0.15, 0.2) is 0 Å². The molecule has 5 heteroatoms. The quantitative estimate of drug-likeness (QED) is 0.801. The number of nitrogens with zero attached hydrogens (tertiary/aromatic N) is 1. The maximum Gasteiger partial charge on any atom is 0.214 e. The van der Waals surface area contributed by atoms with Gasteiger partial charge in [0.1, 0.15) is 5.78 Å². The van der Waals surface area contributed by atoms with Crippen LogP contribution in [0.2, 0.25) is 0 Å². The molecule has 2 unspecified atom stereocenters. The Labute approximate surface area is 129 Å². The van der Waals surface area contributed by atoms with Crippen LogP contribution in [-0.2, 0) is 14.8 Å². The topological polar surface area (TPSA) is 54.5 Å². The van der Waals surface area contributed by atoms with Crippen LogP contribution >= 0.6 is 0 Å². The van der Waals surface area contributed by atoms with Gasteiger partial charge in [-0.05, 0) is 37.5 Å². The minimum atomic E-state index is -3.23. The number of hydrogen-bond donors (Lipinski definition) is 0. The van der Waals surface area contributed by atoms with Crippen molar-refractivity contribution < 1.29 is 13.2 Å². The van der Waals surface area contributed by atoms with Crippen molar-refractivity contribution in [1.82, 2.24) is 4.31 Å².